The zero-order valence-electron chi connectivity index (χ0n) is 11.0. The van der Waals surface area contributed by atoms with Crippen molar-refractivity contribution in [2.24, 2.45) is 0 Å². The quantitative estimate of drug-likeness (QED) is 0.836. The number of hydrogen-bond acceptors (Lipinski definition) is 2. The largest absolute Gasteiger partial charge is 0.492 e. The molecule has 0 amide bonds. The van der Waals surface area contributed by atoms with Gasteiger partial charge in [0.2, 0.25) is 0 Å². The topological polar surface area (TPSA) is 12.5 Å². The highest BCUT2D eigenvalue weighted by Crippen LogP contribution is 2.28. The van der Waals surface area contributed by atoms with E-state index in [0.717, 1.165) is 35.4 Å². The van der Waals surface area contributed by atoms with Gasteiger partial charge >= 0.3 is 0 Å². The van der Waals surface area contributed by atoms with Crippen molar-refractivity contribution >= 4 is 21.6 Å². The number of benzene rings is 2. The minimum absolute atomic E-state index is 0.176. The molecule has 0 aromatic heterocycles. The summed E-state index contributed by atoms with van der Waals surface area (Å²) in [6.07, 6.45) is 0.980. The molecule has 3 rings (SSSR count). The van der Waals surface area contributed by atoms with Crippen LogP contribution in [0.5, 0.6) is 5.75 Å². The molecule has 2 nitrogen and oxygen atoms in total. The maximum absolute atomic E-state index is 13.3. The van der Waals surface area contributed by atoms with Gasteiger partial charge in [-0.25, -0.2) is 4.39 Å². The van der Waals surface area contributed by atoms with E-state index >= 15 is 0 Å². The lowest BCUT2D eigenvalue weighted by Gasteiger charge is -2.19. The van der Waals surface area contributed by atoms with Gasteiger partial charge in [0, 0.05) is 16.7 Å². The first-order chi connectivity index (χ1) is 9.72. The van der Waals surface area contributed by atoms with Crippen LogP contribution in [0.15, 0.2) is 46.9 Å². The Morgan fingerprint density at radius 2 is 1.95 bits per heavy atom. The molecular formula is C16H15BrFNO. The van der Waals surface area contributed by atoms with E-state index in [1.807, 2.05) is 30.3 Å². The fourth-order valence-corrected chi connectivity index (χ4v) is 2.72. The van der Waals surface area contributed by atoms with Gasteiger partial charge in [-0.05, 0) is 48.4 Å². The van der Waals surface area contributed by atoms with Crippen LogP contribution in [0.25, 0.3) is 0 Å². The molecule has 0 N–H and O–H groups in total. The van der Waals surface area contributed by atoms with Crippen LogP contribution in [0.4, 0.5) is 10.1 Å². The first-order valence-corrected chi connectivity index (χ1v) is 7.43. The van der Waals surface area contributed by atoms with E-state index in [2.05, 4.69) is 20.8 Å². The lowest BCUT2D eigenvalue weighted by molar-refractivity contribution is 0.324. The zero-order valence-corrected chi connectivity index (χ0v) is 12.6. The van der Waals surface area contributed by atoms with E-state index in [-0.39, 0.29) is 5.82 Å². The molecule has 104 valence electrons. The lowest BCUT2D eigenvalue weighted by Crippen LogP contribution is -2.26. The second-order valence-electron chi connectivity index (χ2n) is 4.81. The molecule has 0 atom stereocenters. The molecule has 2 aromatic carbocycles. The molecule has 0 saturated heterocycles. The predicted octanol–water partition coefficient (Wildman–Crippen LogP) is 4.03. The average Bonchev–Trinajstić information content (AvgIpc) is 2.84. The maximum Gasteiger partial charge on any atom is 0.125 e. The summed E-state index contributed by atoms with van der Waals surface area (Å²) in [4.78, 5) is 2.18. The Bertz CT molecular complexity index is 600. The van der Waals surface area contributed by atoms with Crippen molar-refractivity contribution in [2.75, 3.05) is 24.6 Å². The van der Waals surface area contributed by atoms with Crippen LogP contribution in [-0.2, 0) is 6.42 Å². The Labute approximate surface area is 126 Å². The van der Waals surface area contributed by atoms with E-state index in [1.165, 1.54) is 11.6 Å². The van der Waals surface area contributed by atoms with Crippen LogP contribution in [0, 0.1) is 5.82 Å². The third-order valence-corrected chi connectivity index (χ3v) is 4.01. The van der Waals surface area contributed by atoms with Crippen molar-refractivity contribution < 1.29 is 9.13 Å². The standard InChI is InChI=1S/C16H15BrFNO/c17-13-2-5-15(6-3-13)20-10-9-19-8-7-12-1-4-14(18)11-16(12)19/h1-6,11H,7-10H2. The Kier molecular flexibility index (Phi) is 3.92. The summed E-state index contributed by atoms with van der Waals surface area (Å²) in [6.45, 7) is 2.30. The second-order valence-corrected chi connectivity index (χ2v) is 5.73. The highest BCUT2D eigenvalue weighted by molar-refractivity contribution is 9.10. The summed E-state index contributed by atoms with van der Waals surface area (Å²) in [5.74, 6) is 0.677. The molecule has 0 bridgehead atoms. The highest BCUT2D eigenvalue weighted by Gasteiger charge is 2.19. The minimum Gasteiger partial charge on any atom is -0.492 e. The number of nitrogens with zero attached hydrogens (tertiary/aromatic N) is 1. The summed E-state index contributed by atoms with van der Waals surface area (Å²) >= 11 is 3.39. The van der Waals surface area contributed by atoms with Gasteiger partial charge in [0.25, 0.3) is 0 Å². The number of hydrogen-bond donors (Lipinski definition) is 0. The van der Waals surface area contributed by atoms with Gasteiger partial charge in [-0.15, -0.1) is 0 Å². The Hall–Kier alpha value is -1.55. The fraction of sp³-hybridized carbons (Fsp3) is 0.250. The molecule has 4 heteroatoms. The van der Waals surface area contributed by atoms with Gasteiger partial charge in [-0.2, -0.15) is 0 Å². The third kappa shape index (κ3) is 2.96. The number of rotatable bonds is 4. The van der Waals surface area contributed by atoms with E-state index in [0.29, 0.717) is 6.61 Å². The summed E-state index contributed by atoms with van der Waals surface area (Å²) in [6, 6.07) is 12.8. The number of fused-ring (bicyclic) bond motifs is 1. The van der Waals surface area contributed by atoms with Gasteiger partial charge in [0.1, 0.15) is 18.2 Å². The van der Waals surface area contributed by atoms with Crippen molar-refractivity contribution in [2.45, 2.75) is 6.42 Å². The number of ether oxygens (including phenoxy) is 1. The summed E-state index contributed by atoms with van der Waals surface area (Å²) in [7, 11) is 0. The van der Waals surface area contributed by atoms with Gasteiger partial charge in [0.15, 0.2) is 0 Å². The van der Waals surface area contributed by atoms with Crippen molar-refractivity contribution in [1.29, 1.82) is 0 Å². The van der Waals surface area contributed by atoms with Crippen LogP contribution in [-0.4, -0.2) is 19.7 Å². The van der Waals surface area contributed by atoms with E-state index in [4.69, 9.17) is 4.74 Å². The van der Waals surface area contributed by atoms with E-state index in [1.54, 1.807) is 6.07 Å². The fourth-order valence-electron chi connectivity index (χ4n) is 2.46. The number of anilines is 1. The van der Waals surface area contributed by atoms with Crippen molar-refractivity contribution in [3.8, 4) is 5.75 Å². The molecule has 0 unspecified atom stereocenters. The molecule has 0 saturated carbocycles. The molecular weight excluding hydrogens is 321 g/mol. The molecule has 0 fully saturated rings. The molecule has 2 aromatic rings. The molecule has 1 aliphatic rings. The van der Waals surface area contributed by atoms with Crippen molar-refractivity contribution in [3.63, 3.8) is 0 Å². The van der Waals surface area contributed by atoms with Crippen LogP contribution in [0.1, 0.15) is 5.56 Å². The smallest absolute Gasteiger partial charge is 0.125 e. The molecule has 1 aliphatic heterocycles. The summed E-state index contributed by atoms with van der Waals surface area (Å²) in [5.41, 5.74) is 2.22. The van der Waals surface area contributed by atoms with Crippen LogP contribution < -0.4 is 9.64 Å². The monoisotopic (exact) mass is 335 g/mol. The predicted molar refractivity (Wildman–Crippen MR) is 82.0 cm³/mol. The van der Waals surface area contributed by atoms with Crippen LogP contribution in [0.3, 0.4) is 0 Å². The van der Waals surface area contributed by atoms with Gasteiger partial charge in [0.05, 0.1) is 6.54 Å². The summed E-state index contributed by atoms with van der Waals surface area (Å²) < 4.78 is 20.0. The second kappa shape index (κ2) is 5.83. The molecule has 0 spiro atoms. The first kappa shape index (κ1) is 13.4. The Morgan fingerprint density at radius 3 is 2.75 bits per heavy atom. The SMILES string of the molecule is Fc1ccc2c(c1)N(CCOc1ccc(Br)cc1)CC2. The van der Waals surface area contributed by atoms with E-state index in [9.17, 15) is 4.39 Å². The first-order valence-electron chi connectivity index (χ1n) is 6.64. The molecule has 0 radical (unpaired) electrons. The van der Waals surface area contributed by atoms with Gasteiger partial charge in [-0.3, -0.25) is 0 Å². The zero-order chi connectivity index (χ0) is 13.9. The third-order valence-electron chi connectivity index (χ3n) is 3.48. The van der Waals surface area contributed by atoms with Crippen LogP contribution >= 0.6 is 15.9 Å². The van der Waals surface area contributed by atoms with Crippen molar-refractivity contribution in [1.82, 2.24) is 0 Å². The molecule has 1 heterocycles. The Balaban J connectivity index is 1.58. The molecule has 20 heavy (non-hydrogen) atoms. The minimum atomic E-state index is -0.176. The normalized spacial score (nSPS) is 13.4. The Morgan fingerprint density at radius 1 is 1.15 bits per heavy atom. The lowest BCUT2D eigenvalue weighted by atomic mass is 10.2. The van der Waals surface area contributed by atoms with Crippen LogP contribution in [0.2, 0.25) is 0 Å². The van der Waals surface area contributed by atoms with E-state index < -0.39 is 0 Å². The average molecular weight is 336 g/mol. The maximum atomic E-state index is 13.3. The molecule has 0 aliphatic carbocycles. The van der Waals surface area contributed by atoms with Crippen molar-refractivity contribution in [3.05, 3.63) is 58.3 Å². The highest BCUT2D eigenvalue weighted by atomic mass is 79.9. The van der Waals surface area contributed by atoms with Gasteiger partial charge in [-0.1, -0.05) is 22.0 Å². The summed E-state index contributed by atoms with van der Waals surface area (Å²) in [5, 5.41) is 0. The van der Waals surface area contributed by atoms with Gasteiger partial charge < -0.3 is 9.64 Å². The number of halogens is 2.